The highest BCUT2D eigenvalue weighted by atomic mass is 16.3. The van der Waals surface area contributed by atoms with E-state index in [1.165, 1.54) is 5.56 Å². The molecule has 1 fully saturated rings. The molecule has 20 heavy (non-hydrogen) atoms. The van der Waals surface area contributed by atoms with E-state index in [-0.39, 0.29) is 12.0 Å². The molecule has 1 amide bonds. The molecule has 2 N–H and O–H groups in total. The van der Waals surface area contributed by atoms with Crippen molar-refractivity contribution in [3.8, 4) is 0 Å². The van der Waals surface area contributed by atoms with Crippen LogP contribution in [0.2, 0.25) is 0 Å². The summed E-state index contributed by atoms with van der Waals surface area (Å²) in [5, 5.41) is 16.6. The van der Waals surface area contributed by atoms with Crippen LogP contribution in [0.5, 0.6) is 0 Å². The molecule has 1 atom stereocenters. The van der Waals surface area contributed by atoms with Gasteiger partial charge in [0.2, 0.25) is 5.91 Å². The quantitative estimate of drug-likeness (QED) is 0.715. The number of hydrogen-bond donors (Lipinski definition) is 2. The van der Waals surface area contributed by atoms with Crippen LogP contribution >= 0.6 is 0 Å². The van der Waals surface area contributed by atoms with E-state index in [1.807, 2.05) is 24.3 Å². The largest absolute Gasteiger partial charge is 0.392 e. The van der Waals surface area contributed by atoms with Gasteiger partial charge in [-0.1, -0.05) is 0 Å². The third-order valence-electron chi connectivity index (χ3n) is 3.57. The predicted molar refractivity (Wildman–Crippen MR) is 76.2 cm³/mol. The summed E-state index contributed by atoms with van der Waals surface area (Å²) in [6, 6.07) is 0. The number of aliphatic hydroxyl groups excluding tert-OH is 1. The van der Waals surface area contributed by atoms with E-state index in [2.05, 4.69) is 10.4 Å². The van der Waals surface area contributed by atoms with Gasteiger partial charge in [-0.25, -0.2) is 0 Å². The molecule has 2 rings (SSSR count). The van der Waals surface area contributed by atoms with Crippen molar-refractivity contribution in [1.82, 2.24) is 20.0 Å². The number of hydrogen-bond acceptors (Lipinski definition) is 4. The van der Waals surface area contributed by atoms with Crippen molar-refractivity contribution < 1.29 is 9.90 Å². The van der Waals surface area contributed by atoms with E-state index >= 15 is 0 Å². The van der Waals surface area contributed by atoms with Gasteiger partial charge in [0.1, 0.15) is 0 Å². The van der Waals surface area contributed by atoms with Crippen molar-refractivity contribution in [3.63, 3.8) is 0 Å². The van der Waals surface area contributed by atoms with Crippen LogP contribution in [0.4, 0.5) is 0 Å². The minimum absolute atomic E-state index is 0.0466. The number of nitrogens with one attached hydrogen (secondary N) is 1. The van der Waals surface area contributed by atoms with Gasteiger partial charge in [0.25, 0.3) is 0 Å². The zero-order valence-electron chi connectivity index (χ0n) is 12.1. The third kappa shape index (κ3) is 4.94. The minimum Gasteiger partial charge on any atom is -0.392 e. The highest BCUT2D eigenvalue weighted by Gasteiger charge is 2.19. The summed E-state index contributed by atoms with van der Waals surface area (Å²) in [6.45, 7) is 2.59. The van der Waals surface area contributed by atoms with E-state index in [0.717, 1.165) is 32.2 Å². The number of rotatable bonds is 6. The van der Waals surface area contributed by atoms with E-state index in [1.54, 1.807) is 4.68 Å². The van der Waals surface area contributed by atoms with Gasteiger partial charge < -0.3 is 10.4 Å². The molecule has 6 nitrogen and oxygen atoms in total. The lowest BCUT2D eigenvalue weighted by Crippen LogP contribution is -2.44. The SMILES string of the molecule is Cn1cc(CCCNC(=O)CN2CCC[C@H](O)C2)cn1. The van der Waals surface area contributed by atoms with Crippen LogP contribution in [-0.2, 0) is 18.3 Å². The van der Waals surface area contributed by atoms with E-state index in [4.69, 9.17) is 0 Å². The third-order valence-corrected chi connectivity index (χ3v) is 3.57. The van der Waals surface area contributed by atoms with Gasteiger partial charge >= 0.3 is 0 Å². The first kappa shape index (κ1) is 15.0. The Hall–Kier alpha value is -1.40. The van der Waals surface area contributed by atoms with Gasteiger partial charge in [-0.15, -0.1) is 0 Å². The molecule has 0 radical (unpaired) electrons. The number of amides is 1. The van der Waals surface area contributed by atoms with Gasteiger partial charge in [-0.2, -0.15) is 5.10 Å². The molecule has 0 saturated carbocycles. The summed E-state index contributed by atoms with van der Waals surface area (Å²) < 4.78 is 1.79. The standard InChI is InChI=1S/C14H24N4O2/c1-17-9-12(8-16-17)4-2-6-15-14(20)11-18-7-3-5-13(19)10-18/h8-9,13,19H,2-7,10-11H2,1H3,(H,15,20)/t13-/m0/s1. The van der Waals surface area contributed by atoms with Crippen LogP contribution in [0.3, 0.4) is 0 Å². The van der Waals surface area contributed by atoms with Crippen molar-refractivity contribution in [2.75, 3.05) is 26.2 Å². The lowest BCUT2D eigenvalue weighted by atomic mass is 10.1. The fourth-order valence-electron chi connectivity index (χ4n) is 2.56. The van der Waals surface area contributed by atoms with Crippen molar-refractivity contribution >= 4 is 5.91 Å². The summed E-state index contributed by atoms with van der Waals surface area (Å²) in [5.41, 5.74) is 1.20. The van der Waals surface area contributed by atoms with Gasteiger partial charge in [-0.3, -0.25) is 14.4 Å². The fourth-order valence-corrected chi connectivity index (χ4v) is 2.56. The zero-order valence-corrected chi connectivity index (χ0v) is 12.1. The lowest BCUT2D eigenvalue weighted by molar-refractivity contribution is -0.122. The summed E-state index contributed by atoms with van der Waals surface area (Å²) >= 11 is 0. The van der Waals surface area contributed by atoms with Gasteiger partial charge in [-0.05, 0) is 37.8 Å². The van der Waals surface area contributed by atoms with Crippen molar-refractivity contribution in [2.45, 2.75) is 31.8 Å². The highest BCUT2D eigenvalue weighted by Crippen LogP contribution is 2.08. The average Bonchev–Trinajstić information content (AvgIpc) is 2.80. The second-order valence-corrected chi connectivity index (χ2v) is 5.51. The smallest absolute Gasteiger partial charge is 0.234 e. The van der Waals surface area contributed by atoms with Crippen molar-refractivity contribution in [3.05, 3.63) is 18.0 Å². The number of carbonyl (C=O) groups is 1. The molecular weight excluding hydrogens is 256 g/mol. The Morgan fingerprint density at radius 2 is 2.45 bits per heavy atom. The Bertz CT molecular complexity index is 433. The summed E-state index contributed by atoms with van der Waals surface area (Å²) in [7, 11) is 1.90. The molecule has 1 aliphatic rings. The van der Waals surface area contributed by atoms with Crippen LogP contribution in [0.1, 0.15) is 24.8 Å². The second kappa shape index (κ2) is 7.40. The monoisotopic (exact) mass is 280 g/mol. The number of carbonyl (C=O) groups excluding carboxylic acids is 1. The molecule has 0 aromatic carbocycles. The number of piperidine rings is 1. The molecule has 112 valence electrons. The Kier molecular flexibility index (Phi) is 5.55. The topological polar surface area (TPSA) is 70.4 Å². The number of β-amino-alcohol motifs (C(OH)–C–C–N with tert-alkyl or cyclic N) is 1. The van der Waals surface area contributed by atoms with Gasteiger partial charge in [0.05, 0.1) is 18.8 Å². The first-order valence-corrected chi connectivity index (χ1v) is 7.28. The van der Waals surface area contributed by atoms with E-state index in [9.17, 15) is 9.90 Å². The van der Waals surface area contributed by atoms with Crippen molar-refractivity contribution in [2.24, 2.45) is 7.05 Å². The molecule has 6 heteroatoms. The Labute approximate surface area is 119 Å². The number of nitrogens with zero attached hydrogens (tertiary/aromatic N) is 3. The first-order valence-electron chi connectivity index (χ1n) is 7.28. The molecular formula is C14H24N4O2. The van der Waals surface area contributed by atoms with Crippen LogP contribution < -0.4 is 5.32 Å². The van der Waals surface area contributed by atoms with Crippen LogP contribution in [0.15, 0.2) is 12.4 Å². The van der Waals surface area contributed by atoms with Crippen LogP contribution in [0.25, 0.3) is 0 Å². The zero-order chi connectivity index (χ0) is 14.4. The molecule has 0 bridgehead atoms. The maximum atomic E-state index is 11.8. The number of likely N-dealkylation sites (tertiary alicyclic amines) is 1. The second-order valence-electron chi connectivity index (χ2n) is 5.51. The van der Waals surface area contributed by atoms with Crippen LogP contribution in [0, 0.1) is 0 Å². The molecule has 1 saturated heterocycles. The minimum atomic E-state index is -0.276. The Morgan fingerprint density at radius 3 is 3.15 bits per heavy atom. The van der Waals surface area contributed by atoms with Gasteiger partial charge in [0, 0.05) is 26.3 Å². The van der Waals surface area contributed by atoms with E-state index in [0.29, 0.717) is 19.6 Å². The first-order chi connectivity index (χ1) is 9.63. The van der Waals surface area contributed by atoms with E-state index < -0.39 is 0 Å². The number of aliphatic hydroxyl groups is 1. The highest BCUT2D eigenvalue weighted by molar-refractivity contribution is 5.77. The number of aryl methyl sites for hydroxylation is 2. The fraction of sp³-hybridized carbons (Fsp3) is 0.714. The molecule has 0 spiro atoms. The molecule has 1 aliphatic heterocycles. The predicted octanol–water partition coefficient (Wildman–Crippen LogP) is -0.0744. The maximum Gasteiger partial charge on any atom is 0.234 e. The summed E-state index contributed by atoms with van der Waals surface area (Å²) in [6.07, 6.45) is 7.24. The van der Waals surface area contributed by atoms with Crippen molar-refractivity contribution in [1.29, 1.82) is 0 Å². The maximum absolute atomic E-state index is 11.8. The Morgan fingerprint density at radius 1 is 1.60 bits per heavy atom. The summed E-state index contributed by atoms with van der Waals surface area (Å²) in [4.78, 5) is 13.8. The molecule has 1 aromatic rings. The Balaban J connectivity index is 1.58. The summed E-state index contributed by atoms with van der Waals surface area (Å²) in [5.74, 6) is 0.0466. The van der Waals surface area contributed by atoms with Crippen LogP contribution in [-0.4, -0.2) is 58.0 Å². The average molecular weight is 280 g/mol. The lowest BCUT2D eigenvalue weighted by Gasteiger charge is -2.29. The molecule has 2 heterocycles. The molecule has 0 unspecified atom stereocenters. The molecule has 1 aromatic heterocycles. The molecule has 0 aliphatic carbocycles. The van der Waals surface area contributed by atoms with Gasteiger partial charge in [0.15, 0.2) is 0 Å². The normalized spacial score (nSPS) is 20.0. The number of aromatic nitrogens is 2.